The molecule has 21 heavy (non-hydrogen) atoms. The molecule has 2 heterocycles. The summed E-state index contributed by atoms with van der Waals surface area (Å²) in [6.07, 6.45) is 4.24. The first-order valence-electron chi connectivity index (χ1n) is 6.15. The van der Waals surface area contributed by atoms with Gasteiger partial charge in [-0.15, -0.1) is 0 Å². The second-order valence-corrected chi connectivity index (χ2v) is 4.42. The number of carboxylic acid groups (broad SMARTS) is 1. The maximum atomic E-state index is 12.2. The molecular formula is C14H11N3O4. The molecule has 106 valence electrons. The number of aliphatic carboxylic acids is 1. The van der Waals surface area contributed by atoms with E-state index in [9.17, 15) is 9.59 Å². The number of benzene rings is 1. The van der Waals surface area contributed by atoms with Gasteiger partial charge in [0.1, 0.15) is 18.4 Å². The minimum Gasteiger partial charge on any atom is -0.480 e. The molecule has 2 N–H and O–H groups in total. The Bertz CT molecular complexity index is 818. The maximum absolute atomic E-state index is 12.2. The topological polar surface area (TPSA) is 97.4 Å². The molecule has 0 aliphatic heterocycles. The van der Waals surface area contributed by atoms with E-state index in [1.807, 2.05) is 12.1 Å². The number of anilines is 1. The Balaban J connectivity index is 1.80. The average Bonchev–Trinajstić information content (AvgIpc) is 3.04. The smallest absolute Gasteiger partial charge is 0.325 e. The van der Waals surface area contributed by atoms with E-state index in [1.54, 1.807) is 12.1 Å². The van der Waals surface area contributed by atoms with Crippen molar-refractivity contribution in [2.75, 3.05) is 5.32 Å². The Kier molecular flexibility index (Phi) is 3.15. The summed E-state index contributed by atoms with van der Waals surface area (Å²) < 4.78 is 6.53. The second kappa shape index (κ2) is 5.12. The Labute approximate surface area is 118 Å². The van der Waals surface area contributed by atoms with Crippen LogP contribution in [-0.2, 0) is 11.3 Å². The fourth-order valence-electron chi connectivity index (χ4n) is 2.01. The van der Waals surface area contributed by atoms with E-state index in [2.05, 4.69) is 10.4 Å². The van der Waals surface area contributed by atoms with E-state index >= 15 is 0 Å². The predicted molar refractivity (Wildman–Crippen MR) is 74.0 cm³/mol. The summed E-state index contributed by atoms with van der Waals surface area (Å²) in [4.78, 5) is 22.8. The van der Waals surface area contributed by atoms with Gasteiger partial charge in [-0.3, -0.25) is 14.3 Å². The van der Waals surface area contributed by atoms with Gasteiger partial charge in [0.05, 0.1) is 17.4 Å². The van der Waals surface area contributed by atoms with E-state index in [0.717, 1.165) is 0 Å². The first-order chi connectivity index (χ1) is 10.1. The molecule has 2 aromatic heterocycles. The molecule has 7 nitrogen and oxygen atoms in total. The highest BCUT2D eigenvalue weighted by atomic mass is 16.4. The summed E-state index contributed by atoms with van der Waals surface area (Å²) in [7, 11) is 0. The SMILES string of the molecule is O=C(O)Cn1cc(NC(=O)c2coc3ccccc23)cn1. The number of nitrogens with one attached hydrogen (secondary N) is 1. The molecule has 7 heteroatoms. The van der Waals surface area contributed by atoms with Crippen LogP contribution in [0.25, 0.3) is 11.0 Å². The molecule has 0 atom stereocenters. The Morgan fingerprint density at radius 2 is 2.14 bits per heavy atom. The summed E-state index contributed by atoms with van der Waals surface area (Å²) in [6.45, 7) is -0.259. The van der Waals surface area contributed by atoms with Crippen molar-refractivity contribution in [1.82, 2.24) is 9.78 Å². The van der Waals surface area contributed by atoms with E-state index in [1.165, 1.54) is 23.3 Å². The van der Waals surface area contributed by atoms with Crippen LogP contribution >= 0.6 is 0 Å². The van der Waals surface area contributed by atoms with E-state index in [4.69, 9.17) is 9.52 Å². The number of rotatable bonds is 4. The molecule has 0 bridgehead atoms. The lowest BCUT2D eigenvalue weighted by Crippen LogP contribution is -2.11. The molecule has 0 saturated carbocycles. The van der Waals surface area contributed by atoms with Gasteiger partial charge in [-0.05, 0) is 6.07 Å². The molecule has 0 aliphatic rings. The number of aromatic nitrogens is 2. The second-order valence-electron chi connectivity index (χ2n) is 4.42. The van der Waals surface area contributed by atoms with Gasteiger partial charge >= 0.3 is 5.97 Å². The van der Waals surface area contributed by atoms with Crippen LogP contribution in [0.4, 0.5) is 5.69 Å². The van der Waals surface area contributed by atoms with E-state index in [0.29, 0.717) is 22.2 Å². The fourth-order valence-corrected chi connectivity index (χ4v) is 2.01. The van der Waals surface area contributed by atoms with Gasteiger partial charge in [-0.25, -0.2) is 0 Å². The summed E-state index contributed by atoms with van der Waals surface area (Å²) in [5.74, 6) is -1.34. The molecule has 0 saturated heterocycles. The highest BCUT2D eigenvalue weighted by Gasteiger charge is 2.14. The number of hydrogen-bond acceptors (Lipinski definition) is 4. The molecule has 3 aromatic rings. The van der Waals surface area contributed by atoms with Crippen molar-refractivity contribution in [2.24, 2.45) is 0 Å². The number of fused-ring (bicyclic) bond motifs is 1. The zero-order valence-electron chi connectivity index (χ0n) is 10.8. The zero-order valence-corrected chi connectivity index (χ0v) is 10.8. The predicted octanol–water partition coefficient (Wildman–Crippen LogP) is 1.97. The summed E-state index contributed by atoms with van der Waals surface area (Å²) in [6, 6.07) is 7.21. The first-order valence-corrected chi connectivity index (χ1v) is 6.15. The lowest BCUT2D eigenvalue weighted by molar-refractivity contribution is -0.137. The third kappa shape index (κ3) is 2.62. The highest BCUT2D eigenvalue weighted by Crippen LogP contribution is 2.21. The number of hydrogen-bond donors (Lipinski definition) is 2. The summed E-state index contributed by atoms with van der Waals surface area (Å²) in [5.41, 5.74) is 1.47. The standard InChI is InChI=1S/C14H11N3O4/c18-13(19)7-17-6-9(5-15-17)16-14(20)11-8-21-12-4-2-1-3-10(11)12/h1-6,8H,7H2,(H,16,20)(H,18,19). The molecule has 3 rings (SSSR count). The van der Waals surface area contributed by atoms with Crippen LogP contribution in [0.15, 0.2) is 47.3 Å². The van der Waals surface area contributed by atoms with Crippen molar-refractivity contribution < 1.29 is 19.1 Å². The van der Waals surface area contributed by atoms with Gasteiger partial charge in [0, 0.05) is 11.6 Å². The van der Waals surface area contributed by atoms with Crippen molar-refractivity contribution in [3.63, 3.8) is 0 Å². The van der Waals surface area contributed by atoms with Crippen molar-refractivity contribution >= 4 is 28.5 Å². The van der Waals surface area contributed by atoms with Crippen molar-refractivity contribution in [2.45, 2.75) is 6.54 Å². The summed E-state index contributed by atoms with van der Waals surface area (Å²) in [5, 5.41) is 15.9. The van der Waals surface area contributed by atoms with Crippen LogP contribution in [0.3, 0.4) is 0 Å². The Hall–Kier alpha value is -3.09. The fraction of sp³-hybridized carbons (Fsp3) is 0.0714. The van der Waals surface area contributed by atoms with Gasteiger partial charge < -0.3 is 14.8 Å². The zero-order chi connectivity index (χ0) is 14.8. The van der Waals surface area contributed by atoms with Crippen molar-refractivity contribution in [3.05, 3.63) is 48.5 Å². The van der Waals surface area contributed by atoms with Crippen LogP contribution in [-0.4, -0.2) is 26.8 Å². The minimum atomic E-state index is -1.00. The van der Waals surface area contributed by atoms with Gasteiger partial charge in [-0.1, -0.05) is 18.2 Å². The van der Waals surface area contributed by atoms with Gasteiger partial charge in [0.2, 0.25) is 0 Å². The molecule has 0 fully saturated rings. The van der Waals surface area contributed by atoms with Crippen molar-refractivity contribution in [1.29, 1.82) is 0 Å². The van der Waals surface area contributed by atoms with Gasteiger partial charge in [0.25, 0.3) is 5.91 Å². The molecular weight excluding hydrogens is 274 g/mol. The van der Waals surface area contributed by atoms with Crippen LogP contribution < -0.4 is 5.32 Å². The normalized spacial score (nSPS) is 10.7. The monoisotopic (exact) mass is 285 g/mol. The number of para-hydroxylation sites is 1. The number of furan rings is 1. The number of amides is 1. The number of carboxylic acids is 1. The molecule has 1 amide bonds. The van der Waals surface area contributed by atoms with Gasteiger partial charge in [0.15, 0.2) is 0 Å². The third-order valence-corrected chi connectivity index (χ3v) is 2.91. The molecule has 0 unspecified atom stereocenters. The third-order valence-electron chi connectivity index (χ3n) is 2.91. The van der Waals surface area contributed by atoms with Crippen LogP contribution in [0.5, 0.6) is 0 Å². The number of carbonyl (C=O) groups is 2. The van der Waals surface area contributed by atoms with Crippen molar-refractivity contribution in [3.8, 4) is 0 Å². The largest absolute Gasteiger partial charge is 0.480 e. The first kappa shape index (κ1) is 12.9. The molecule has 0 spiro atoms. The van der Waals surface area contributed by atoms with E-state index in [-0.39, 0.29) is 12.5 Å². The maximum Gasteiger partial charge on any atom is 0.325 e. The molecule has 0 aliphatic carbocycles. The minimum absolute atomic E-state index is 0.259. The van der Waals surface area contributed by atoms with Crippen LogP contribution in [0, 0.1) is 0 Å². The highest BCUT2D eigenvalue weighted by molar-refractivity contribution is 6.12. The Morgan fingerprint density at radius 3 is 2.95 bits per heavy atom. The Morgan fingerprint density at radius 1 is 1.33 bits per heavy atom. The van der Waals surface area contributed by atoms with Crippen LogP contribution in [0.1, 0.15) is 10.4 Å². The molecule has 1 aromatic carbocycles. The average molecular weight is 285 g/mol. The molecule has 0 radical (unpaired) electrons. The van der Waals surface area contributed by atoms with E-state index < -0.39 is 5.97 Å². The lowest BCUT2D eigenvalue weighted by Gasteiger charge is -2.00. The summed E-state index contributed by atoms with van der Waals surface area (Å²) >= 11 is 0. The lowest BCUT2D eigenvalue weighted by atomic mass is 10.1. The van der Waals surface area contributed by atoms with Crippen LogP contribution in [0.2, 0.25) is 0 Å². The van der Waals surface area contributed by atoms with Gasteiger partial charge in [-0.2, -0.15) is 5.10 Å². The number of carbonyl (C=O) groups excluding carboxylic acids is 1. The quantitative estimate of drug-likeness (QED) is 0.763. The number of nitrogens with zero attached hydrogens (tertiary/aromatic N) is 2.